The number of ether oxygens (including phenoxy) is 1. The Morgan fingerprint density at radius 2 is 1.94 bits per heavy atom. The first-order valence-electron chi connectivity index (χ1n) is 5.73. The van der Waals surface area contributed by atoms with Crippen LogP contribution in [0.25, 0.3) is 0 Å². The number of carbonyl (C=O) groups excluding carboxylic acids is 2. The van der Waals surface area contributed by atoms with Crippen LogP contribution in [0, 0.1) is 0 Å². The van der Waals surface area contributed by atoms with E-state index in [2.05, 4.69) is 10.1 Å². The van der Waals surface area contributed by atoms with Crippen molar-refractivity contribution in [1.29, 1.82) is 0 Å². The predicted molar refractivity (Wildman–Crippen MR) is 66.1 cm³/mol. The molecule has 1 amide bonds. The molecule has 0 spiro atoms. The number of methoxy groups -OCH3 is 1. The lowest BCUT2D eigenvalue weighted by molar-refractivity contribution is -0.141. The molecule has 0 bridgehead atoms. The molecule has 5 nitrogen and oxygen atoms in total. The molecule has 0 saturated heterocycles. The van der Waals surface area contributed by atoms with Crippen molar-refractivity contribution < 1.29 is 19.4 Å². The van der Waals surface area contributed by atoms with Gasteiger partial charge in [-0.3, -0.25) is 9.59 Å². The van der Waals surface area contributed by atoms with Gasteiger partial charge in [-0.2, -0.15) is 0 Å². The Kier molecular flexibility index (Phi) is 5.70. The Morgan fingerprint density at radius 3 is 2.56 bits per heavy atom. The number of phenolic OH excluding ortho intramolecular Hbond substituents is 1. The summed E-state index contributed by atoms with van der Waals surface area (Å²) in [6.07, 6.45) is 1.81. The highest BCUT2D eigenvalue weighted by molar-refractivity contribution is 5.81. The van der Waals surface area contributed by atoms with Crippen molar-refractivity contribution >= 4 is 11.9 Å². The van der Waals surface area contributed by atoms with Gasteiger partial charge in [-0.25, -0.2) is 0 Å². The second kappa shape index (κ2) is 7.32. The van der Waals surface area contributed by atoms with Crippen LogP contribution in [0.4, 0.5) is 0 Å². The van der Waals surface area contributed by atoms with E-state index in [1.165, 1.54) is 7.11 Å². The normalized spacial score (nSPS) is 9.83. The number of amides is 1. The highest BCUT2D eigenvalue weighted by Gasteiger charge is 2.05. The molecule has 98 valence electrons. The number of rotatable bonds is 6. The molecule has 0 heterocycles. The summed E-state index contributed by atoms with van der Waals surface area (Å²) < 4.78 is 4.41. The number of carbonyl (C=O) groups is 2. The van der Waals surface area contributed by atoms with Crippen LogP contribution in [-0.4, -0.2) is 30.6 Å². The number of esters is 1. The molecule has 5 heteroatoms. The third kappa shape index (κ3) is 5.34. The molecule has 0 saturated carbocycles. The first-order valence-corrected chi connectivity index (χ1v) is 5.73. The lowest BCUT2D eigenvalue weighted by atomic mass is 10.1. The van der Waals surface area contributed by atoms with E-state index in [0.717, 1.165) is 12.0 Å². The Morgan fingerprint density at radius 1 is 1.28 bits per heavy atom. The van der Waals surface area contributed by atoms with Crippen molar-refractivity contribution in [3.05, 3.63) is 29.8 Å². The summed E-state index contributed by atoms with van der Waals surface area (Å²) in [5.41, 5.74) is 1.06. The van der Waals surface area contributed by atoms with Crippen molar-refractivity contribution in [2.75, 3.05) is 13.7 Å². The van der Waals surface area contributed by atoms with Gasteiger partial charge in [0.25, 0.3) is 0 Å². The molecule has 0 aliphatic heterocycles. The molecule has 0 atom stereocenters. The van der Waals surface area contributed by atoms with Gasteiger partial charge < -0.3 is 15.2 Å². The van der Waals surface area contributed by atoms with E-state index in [0.29, 0.717) is 12.8 Å². The fourth-order valence-electron chi connectivity index (χ4n) is 1.45. The lowest BCUT2D eigenvalue weighted by Gasteiger charge is -2.04. The first kappa shape index (κ1) is 14.0. The van der Waals surface area contributed by atoms with Crippen molar-refractivity contribution in [3.63, 3.8) is 0 Å². The summed E-state index contributed by atoms with van der Waals surface area (Å²) in [7, 11) is 1.28. The standard InChI is InChI=1S/C13H17NO4/c1-18-13(17)9-14-12(16)4-2-3-10-5-7-11(15)8-6-10/h5-8,15H,2-4,9H2,1H3,(H,14,16). The minimum absolute atomic E-state index is 0.0887. The molecule has 1 rings (SSSR count). The number of phenols is 1. The Balaban J connectivity index is 2.19. The third-order valence-electron chi connectivity index (χ3n) is 2.46. The summed E-state index contributed by atoms with van der Waals surface area (Å²) in [5.74, 6) is -0.393. The van der Waals surface area contributed by atoms with Crippen molar-refractivity contribution in [2.24, 2.45) is 0 Å². The van der Waals surface area contributed by atoms with Crippen LogP contribution >= 0.6 is 0 Å². The van der Waals surface area contributed by atoms with Crippen LogP contribution < -0.4 is 5.32 Å². The maximum atomic E-state index is 11.3. The quantitative estimate of drug-likeness (QED) is 0.740. The maximum absolute atomic E-state index is 11.3. The minimum atomic E-state index is -0.457. The number of benzene rings is 1. The second-order valence-corrected chi connectivity index (χ2v) is 3.87. The number of hydrogen-bond donors (Lipinski definition) is 2. The number of aromatic hydroxyl groups is 1. The maximum Gasteiger partial charge on any atom is 0.325 e. The van der Waals surface area contributed by atoms with Gasteiger partial charge in [0.1, 0.15) is 12.3 Å². The van der Waals surface area contributed by atoms with E-state index in [-0.39, 0.29) is 18.2 Å². The van der Waals surface area contributed by atoms with Crippen molar-refractivity contribution in [2.45, 2.75) is 19.3 Å². The summed E-state index contributed by atoms with van der Waals surface area (Å²) >= 11 is 0. The molecule has 0 aliphatic carbocycles. The third-order valence-corrected chi connectivity index (χ3v) is 2.46. The number of nitrogens with one attached hydrogen (secondary N) is 1. The molecule has 0 aliphatic rings. The van der Waals surface area contributed by atoms with E-state index in [1.807, 2.05) is 12.1 Å². The molecule has 0 fully saturated rings. The average molecular weight is 251 g/mol. The highest BCUT2D eigenvalue weighted by Crippen LogP contribution is 2.11. The molecular weight excluding hydrogens is 234 g/mol. The molecule has 0 aromatic heterocycles. The Hall–Kier alpha value is -2.04. The predicted octanol–water partition coefficient (Wildman–Crippen LogP) is 1.00. The van der Waals surface area contributed by atoms with Gasteiger partial charge in [0, 0.05) is 6.42 Å². The Bertz CT molecular complexity index is 400. The Labute approximate surface area is 106 Å². The molecule has 1 aromatic carbocycles. The summed E-state index contributed by atoms with van der Waals surface area (Å²) in [6.45, 7) is -0.0887. The van der Waals surface area contributed by atoms with E-state index in [4.69, 9.17) is 5.11 Å². The minimum Gasteiger partial charge on any atom is -0.508 e. The number of hydrogen-bond acceptors (Lipinski definition) is 4. The topological polar surface area (TPSA) is 75.6 Å². The van der Waals surface area contributed by atoms with Gasteiger partial charge in [0.2, 0.25) is 5.91 Å². The zero-order chi connectivity index (χ0) is 13.4. The van der Waals surface area contributed by atoms with Gasteiger partial charge in [-0.15, -0.1) is 0 Å². The van der Waals surface area contributed by atoms with Crippen LogP contribution in [0.2, 0.25) is 0 Å². The van der Waals surface area contributed by atoms with Gasteiger partial charge in [0.15, 0.2) is 0 Å². The van der Waals surface area contributed by atoms with Crippen molar-refractivity contribution in [3.8, 4) is 5.75 Å². The zero-order valence-electron chi connectivity index (χ0n) is 10.3. The fourth-order valence-corrected chi connectivity index (χ4v) is 1.45. The van der Waals surface area contributed by atoms with Gasteiger partial charge in [0.05, 0.1) is 7.11 Å². The van der Waals surface area contributed by atoms with Crippen LogP contribution in [0.15, 0.2) is 24.3 Å². The summed E-state index contributed by atoms with van der Waals surface area (Å²) in [4.78, 5) is 22.1. The lowest BCUT2D eigenvalue weighted by Crippen LogP contribution is -2.29. The average Bonchev–Trinajstić information content (AvgIpc) is 2.38. The molecule has 0 radical (unpaired) electrons. The molecular formula is C13H17NO4. The van der Waals surface area contributed by atoms with Crippen LogP contribution in [0.3, 0.4) is 0 Å². The van der Waals surface area contributed by atoms with E-state index < -0.39 is 5.97 Å². The van der Waals surface area contributed by atoms with E-state index >= 15 is 0 Å². The largest absolute Gasteiger partial charge is 0.508 e. The smallest absolute Gasteiger partial charge is 0.325 e. The zero-order valence-corrected chi connectivity index (χ0v) is 10.3. The summed E-state index contributed by atoms with van der Waals surface area (Å²) in [6, 6.07) is 6.88. The number of aryl methyl sites for hydroxylation is 1. The van der Waals surface area contributed by atoms with E-state index in [1.54, 1.807) is 12.1 Å². The van der Waals surface area contributed by atoms with Crippen LogP contribution in [-0.2, 0) is 20.7 Å². The highest BCUT2D eigenvalue weighted by atomic mass is 16.5. The molecule has 0 unspecified atom stereocenters. The molecule has 2 N–H and O–H groups in total. The van der Waals surface area contributed by atoms with Crippen LogP contribution in [0.1, 0.15) is 18.4 Å². The monoisotopic (exact) mass is 251 g/mol. The van der Waals surface area contributed by atoms with E-state index in [9.17, 15) is 9.59 Å². The summed E-state index contributed by atoms with van der Waals surface area (Å²) in [5, 5.41) is 11.6. The van der Waals surface area contributed by atoms with Gasteiger partial charge >= 0.3 is 5.97 Å². The SMILES string of the molecule is COC(=O)CNC(=O)CCCc1ccc(O)cc1. The second-order valence-electron chi connectivity index (χ2n) is 3.87. The van der Waals surface area contributed by atoms with Crippen molar-refractivity contribution in [1.82, 2.24) is 5.32 Å². The van der Waals surface area contributed by atoms with Gasteiger partial charge in [-0.1, -0.05) is 12.1 Å². The van der Waals surface area contributed by atoms with Crippen LogP contribution in [0.5, 0.6) is 5.75 Å². The van der Waals surface area contributed by atoms with Gasteiger partial charge in [-0.05, 0) is 30.5 Å². The fraction of sp³-hybridized carbons (Fsp3) is 0.385. The molecule has 1 aromatic rings. The molecule has 18 heavy (non-hydrogen) atoms. The first-order chi connectivity index (χ1) is 8.61.